The Morgan fingerprint density at radius 1 is 1.10 bits per heavy atom. The van der Waals surface area contributed by atoms with E-state index in [9.17, 15) is 4.79 Å². The Morgan fingerprint density at radius 3 is 2.86 bits per heavy atom. The van der Waals surface area contributed by atoms with Crippen molar-refractivity contribution in [1.29, 1.82) is 0 Å². The maximum absolute atomic E-state index is 12.1. The molecule has 4 heteroatoms. The summed E-state index contributed by atoms with van der Waals surface area (Å²) in [5.41, 5.74) is 3.29. The van der Waals surface area contributed by atoms with Gasteiger partial charge >= 0.3 is 0 Å². The Bertz CT molecular complexity index is 869. The van der Waals surface area contributed by atoms with Gasteiger partial charge in [0, 0.05) is 12.2 Å². The number of nitrogens with zero attached hydrogens (tertiary/aromatic N) is 2. The highest BCUT2D eigenvalue weighted by Crippen LogP contribution is 2.28. The molecule has 0 amide bonds. The normalized spacial score (nSPS) is 13.6. The number of nitrogens with one attached hydrogen (secondary N) is 1. The molecule has 1 aliphatic heterocycles. The van der Waals surface area contributed by atoms with Gasteiger partial charge in [0.25, 0.3) is 5.56 Å². The van der Waals surface area contributed by atoms with Crippen LogP contribution in [-0.4, -0.2) is 16.5 Å². The third-order valence-electron chi connectivity index (χ3n) is 3.99. The molecule has 1 N–H and O–H groups in total. The lowest BCUT2D eigenvalue weighted by Gasteiger charge is -2.18. The van der Waals surface area contributed by atoms with Crippen LogP contribution in [0.1, 0.15) is 11.4 Å². The Hall–Kier alpha value is -2.62. The van der Waals surface area contributed by atoms with E-state index in [0.29, 0.717) is 11.9 Å². The number of hydrogen-bond acceptors (Lipinski definition) is 3. The Kier molecular flexibility index (Phi) is 2.74. The fourth-order valence-electron chi connectivity index (χ4n) is 2.96. The average Bonchev–Trinajstić information content (AvgIpc) is 2.91. The van der Waals surface area contributed by atoms with Crippen LogP contribution in [0.5, 0.6) is 0 Å². The first-order chi connectivity index (χ1) is 10.3. The van der Waals surface area contributed by atoms with Gasteiger partial charge in [0.2, 0.25) is 0 Å². The Balaban J connectivity index is 1.71. The zero-order chi connectivity index (χ0) is 14.2. The van der Waals surface area contributed by atoms with Gasteiger partial charge in [-0.3, -0.25) is 4.79 Å². The predicted molar refractivity (Wildman–Crippen MR) is 83.6 cm³/mol. The molecule has 1 aromatic heterocycles. The summed E-state index contributed by atoms with van der Waals surface area (Å²) < 4.78 is 0. The van der Waals surface area contributed by atoms with Gasteiger partial charge in [0.15, 0.2) is 0 Å². The molecule has 1 aliphatic rings. The molecule has 0 saturated carbocycles. The van der Waals surface area contributed by atoms with Crippen molar-refractivity contribution >= 4 is 16.6 Å². The maximum Gasteiger partial charge on any atom is 0.258 e. The van der Waals surface area contributed by atoms with Gasteiger partial charge in [0.1, 0.15) is 5.82 Å². The van der Waals surface area contributed by atoms with Crippen LogP contribution in [0, 0.1) is 0 Å². The molecule has 0 radical (unpaired) electrons. The summed E-state index contributed by atoms with van der Waals surface area (Å²) in [7, 11) is 0. The molecular formula is C17H15N3O. The first-order valence-corrected chi connectivity index (χ1v) is 7.12. The minimum atomic E-state index is -0.0666. The highest BCUT2D eigenvalue weighted by Gasteiger charge is 2.19. The van der Waals surface area contributed by atoms with E-state index < -0.39 is 0 Å². The zero-order valence-corrected chi connectivity index (χ0v) is 11.5. The second-order valence-electron chi connectivity index (χ2n) is 5.33. The smallest absolute Gasteiger partial charge is 0.258 e. The van der Waals surface area contributed by atoms with Crippen molar-refractivity contribution in [3.8, 4) is 0 Å². The minimum Gasteiger partial charge on any atom is -0.364 e. The molecule has 0 aliphatic carbocycles. The van der Waals surface area contributed by atoms with Crippen LogP contribution in [-0.2, 0) is 13.0 Å². The summed E-state index contributed by atoms with van der Waals surface area (Å²) in [5, 5.41) is 0.642. The molecule has 104 valence electrons. The molecule has 0 fully saturated rings. The lowest BCUT2D eigenvalue weighted by Crippen LogP contribution is -2.23. The Labute approximate surface area is 122 Å². The summed E-state index contributed by atoms with van der Waals surface area (Å²) in [4.78, 5) is 21.8. The van der Waals surface area contributed by atoms with Crippen LogP contribution in [0.4, 0.5) is 5.69 Å². The highest BCUT2D eigenvalue weighted by molar-refractivity contribution is 5.77. The SMILES string of the molecule is O=c1[nH]c(CN2CCc3ccccc32)nc2ccccc12. The molecule has 0 bridgehead atoms. The summed E-state index contributed by atoms with van der Waals surface area (Å²) in [6, 6.07) is 15.8. The number of H-pyrrole nitrogens is 1. The highest BCUT2D eigenvalue weighted by atomic mass is 16.1. The summed E-state index contributed by atoms with van der Waals surface area (Å²) in [6.45, 7) is 1.60. The fourth-order valence-corrected chi connectivity index (χ4v) is 2.96. The molecule has 0 spiro atoms. The van der Waals surface area contributed by atoms with Crippen LogP contribution >= 0.6 is 0 Å². The molecule has 4 nitrogen and oxygen atoms in total. The van der Waals surface area contributed by atoms with E-state index in [-0.39, 0.29) is 5.56 Å². The van der Waals surface area contributed by atoms with Gasteiger partial charge in [-0.1, -0.05) is 30.3 Å². The van der Waals surface area contributed by atoms with Gasteiger partial charge in [-0.2, -0.15) is 0 Å². The number of hydrogen-bond donors (Lipinski definition) is 1. The molecule has 0 atom stereocenters. The monoisotopic (exact) mass is 277 g/mol. The Morgan fingerprint density at radius 2 is 1.90 bits per heavy atom. The van der Waals surface area contributed by atoms with E-state index in [0.717, 1.165) is 24.3 Å². The molecule has 21 heavy (non-hydrogen) atoms. The number of aromatic nitrogens is 2. The van der Waals surface area contributed by atoms with Gasteiger partial charge in [0.05, 0.1) is 17.4 Å². The second kappa shape index (κ2) is 4.74. The molecule has 0 saturated heterocycles. The van der Waals surface area contributed by atoms with Gasteiger partial charge in [-0.05, 0) is 30.2 Å². The van der Waals surface area contributed by atoms with E-state index in [1.165, 1.54) is 11.3 Å². The van der Waals surface area contributed by atoms with Crippen molar-refractivity contribution < 1.29 is 0 Å². The van der Waals surface area contributed by atoms with Crippen LogP contribution in [0.2, 0.25) is 0 Å². The van der Waals surface area contributed by atoms with Gasteiger partial charge < -0.3 is 9.88 Å². The first kappa shape index (κ1) is 12.1. The molecule has 2 aromatic carbocycles. The number of fused-ring (bicyclic) bond motifs is 2. The van der Waals surface area contributed by atoms with Crippen LogP contribution in [0.3, 0.4) is 0 Å². The fraction of sp³-hybridized carbons (Fsp3) is 0.176. The standard InChI is InChI=1S/C17H15N3O/c21-17-13-6-2-3-7-14(13)18-16(19-17)11-20-10-9-12-5-1-4-8-15(12)20/h1-8H,9-11H2,(H,18,19,21). The maximum atomic E-state index is 12.1. The van der Waals surface area contributed by atoms with E-state index in [4.69, 9.17) is 0 Å². The number of rotatable bonds is 2. The third kappa shape index (κ3) is 2.09. The van der Waals surface area contributed by atoms with Crippen molar-refractivity contribution in [3.05, 3.63) is 70.3 Å². The molecule has 3 aromatic rings. The first-order valence-electron chi connectivity index (χ1n) is 7.12. The topological polar surface area (TPSA) is 49.0 Å². The van der Waals surface area contributed by atoms with Crippen molar-refractivity contribution in [2.24, 2.45) is 0 Å². The number of aromatic amines is 1. The second-order valence-corrected chi connectivity index (χ2v) is 5.33. The molecule has 0 unspecified atom stereocenters. The van der Waals surface area contributed by atoms with Crippen molar-refractivity contribution in [2.75, 3.05) is 11.4 Å². The predicted octanol–water partition coefficient (Wildman–Crippen LogP) is 2.49. The number of para-hydroxylation sites is 2. The quantitative estimate of drug-likeness (QED) is 0.783. The van der Waals surface area contributed by atoms with E-state index >= 15 is 0 Å². The van der Waals surface area contributed by atoms with E-state index in [1.54, 1.807) is 6.07 Å². The lowest BCUT2D eigenvalue weighted by atomic mass is 10.2. The third-order valence-corrected chi connectivity index (χ3v) is 3.99. The van der Waals surface area contributed by atoms with Crippen molar-refractivity contribution in [2.45, 2.75) is 13.0 Å². The summed E-state index contributed by atoms with van der Waals surface area (Å²) >= 11 is 0. The molecule has 4 rings (SSSR count). The largest absolute Gasteiger partial charge is 0.364 e. The van der Waals surface area contributed by atoms with E-state index in [1.807, 2.05) is 24.3 Å². The summed E-state index contributed by atoms with van der Waals surface area (Å²) in [6.07, 6.45) is 1.05. The number of anilines is 1. The zero-order valence-electron chi connectivity index (χ0n) is 11.5. The van der Waals surface area contributed by atoms with Crippen LogP contribution in [0.15, 0.2) is 53.3 Å². The minimum absolute atomic E-state index is 0.0666. The molecular weight excluding hydrogens is 262 g/mol. The number of benzene rings is 2. The van der Waals surface area contributed by atoms with E-state index in [2.05, 4.69) is 33.1 Å². The molecule has 2 heterocycles. The van der Waals surface area contributed by atoms with Crippen LogP contribution < -0.4 is 10.5 Å². The van der Waals surface area contributed by atoms with Crippen molar-refractivity contribution in [1.82, 2.24) is 9.97 Å². The lowest BCUT2D eigenvalue weighted by molar-refractivity contribution is 0.787. The van der Waals surface area contributed by atoms with Crippen LogP contribution in [0.25, 0.3) is 10.9 Å². The van der Waals surface area contributed by atoms with Gasteiger partial charge in [-0.25, -0.2) is 4.98 Å². The van der Waals surface area contributed by atoms with Gasteiger partial charge in [-0.15, -0.1) is 0 Å². The summed E-state index contributed by atoms with van der Waals surface area (Å²) in [5.74, 6) is 0.718. The van der Waals surface area contributed by atoms with Crippen molar-refractivity contribution in [3.63, 3.8) is 0 Å². The average molecular weight is 277 g/mol.